The molecular formula is C18H24N4O4. The highest BCUT2D eigenvalue weighted by molar-refractivity contribution is 6.38. The summed E-state index contributed by atoms with van der Waals surface area (Å²) in [4.78, 5) is 54.4. The number of nitrogens with zero attached hydrogens (tertiary/aromatic N) is 2. The van der Waals surface area contributed by atoms with E-state index < -0.39 is 35.0 Å². The Hall–Kier alpha value is -2.77. The third-order valence-electron chi connectivity index (χ3n) is 4.73. The summed E-state index contributed by atoms with van der Waals surface area (Å²) >= 11 is 0. The summed E-state index contributed by atoms with van der Waals surface area (Å²) < 4.78 is 0. The van der Waals surface area contributed by atoms with Crippen molar-refractivity contribution in [3.63, 3.8) is 0 Å². The Bertz CT molecular complexity index is 702. The van der Waals surface area contributed by atoms with E-state index in [1.165, 1.54) is 17.3 Å². The second-order valence-electron chi connectivity index (χ2n) is 6.91. The Morgan fingerprint density at radius 2 is 2.00 bits per heavy atom. The molecule has 1 aliphatic heterocycles. The van der Waals surface area contributed by atoms with Gasteiger partial charge < -0.3 is 4.90 Å². The van der Waals surface area contributed by atoms with Gasteiger partial charge in [-0.1, -0.05) is 20.8 Å². The molecule has 1 unspecified atom stereocenters. The number of ketones is 1. The van der Waals surface area contributed by atoms with Crippen LogP contribution in [0.25, 0.3) is 0 Å². The van der Waals surface area contributed by atoms with Gasteiger partial charge in [-0.2, -0.15) is 0 Å². The maximum atomic E-state index is 12.5. The molecule has 0 aromatic carbocycles. The zero-order valence-electron chi connectivity index (χ0n) is 15.2. The van der Waals surface area contributed by atoms with Crippen LogP contribution < -0.4 is 10.9 Å². The molecule has 8 nitrogen and oxygen atoms in total. The summed E-state index contributed by atoms with van der Waals surface area (Å²) in [7, 11) is 0. The molecule has 0 saturated carbocycles. The molecule has 26 heavy (non-hydrogen) atoms. The van der Waals surface area contributed by atoms with Gasteiger partial charge in [-0.25, -0.2) is 0 Å². The lowest BCUT2D eigenvalue weighted by Gasteiger charge is -2.27. The van der Waals surface area contributed by atoms with Crippen LogP contribution in [-0.4, -0.2) is 46.0 Å². The second-order valence-corrected chi connectivity index (χ2v) is 6.91. The molecule has 1 atom stereocenters. The minimum Gasteiger partial charge on any atom is -0.324 e. The van der Waals surface area contributed by atoms with E-state index in [2.05, 4.69) is 15.8 Å². The predicted molar refractivity (Wildman–Crippen MR) is 93.7 cm³/mol. The van der Waals surface area contributed by atoms with Gasteiger partial charge >= 0.3 is 0 Å². The molecule has 0 radical (unpaired) electrons. The van der Waals surface area contributed by atoms with Crippen molar-refractivity contribution >= 4 is 23.5 Å². The molecule has 8 heteroatoms. The van der Waals surface area contributed by atoms with Crippen LogP contribution >= 0.6 is 0 Å². The van der Waals surface area contributed by atoms with E-state index in [0.717, 1.165) is 0 Å². The predicted octanol–water partition coefficient (Wildman–Crippen LogP) is 0.839. The number of amides is 3. The molecule has 1 fully saturated rings. The molecule has 2 heterocycles. The van der Waals surface area contributed by atoms with Crippen LogP contribution in [0, 0.1) is 5.41 Å². The lowest BCUT2D eigenvalue weighted by atomic mass is 9.84. The number of rotatable bonds is 5. The van der Waals surface area contributed by atoms with Gasteiger partial charge in [0, 0.05) is 24.4 Å². The Balaban J connectivity index is 1.98. The van der Waals surface area contributed by atoms with Crippen molar-refractivity contribution in [3.05, 3.63) is 30.1 Å². The Morgan fingerprint density at radius 3 is 2.62 bits per heavy atom. The normalized spacial score (nSPS) is 16.9. The first-order chi connectivity index (χ1) is 12.3. The minimum atomic E-state index is -0.770. The van der Waals surface area contributed by atoms with E-state index in [1.54, 1.807) is 26.0 Å². The lowest BCUT2D eigenvalue weighted by Crippen LogP contribution is -2.53. The Labute approximate surface area is 152 Å². The Kier molecular flexibility index (Phi) is 6.07. The van der Waals surface area contributed by atoms with E-state index in [9.17, 15) is 19.2 Å². The van der Waals surface area contributed by atoms with E-state index in [1.807, 2.05) is 6.92 Å². The first kappa shape index (κ1) is 19.6. The molecule has 0 spiro atoms. The largest absolute Gasteiger partial charge is 0.324 e. The summed E-state index contributed by atoms with van der Waals surface area (Å²) in [5.74, 6) is -2.17. The van der Waals surface area contributed by atoms with Crippen LogP contribution in [0.5, 0.6) is 0 Å². The van der Waals surface area contributed by atoms with Gasteiger partial charge in [0.25, 0.3) is 17.7 Å². The fourth-order valence-electron chi connectivity index (χ4n) is 2.63. The van der Waals surface area contributed by atoms with Crippen molar-refractivity contribution in [2.24, 2.45) is 5.41 Å². The van der Waals surface area contributed by atoms with Crippen molar-refractivity contribution < 1.29 is 19.2 Å². The van der Waals surface area contributed by atoms with Gasteiger partial charge in [0.05, 0.1) is 5.56 Å². The summed E-state index contributed by atoms with van der Waals surface area (Å²) in [6.07, 6.45) is 4.51. The molecule has 140 valence electrons. The van der Waals surface area contributed by atoms with Crippen LogP contribution in [0.4, 0.5) is 0 Å². The molecular weight excluding hydrogens is 336 g/mol. The van der Waals surface area contributed by atoms with Crippen molar-refractivity contribution in [1.82, 2.24) is 20.7 Å². The number of Topliss-reactive ketones (excluding diaryl/α,β-unsaturated/α-hetero) is 1. The molecule has 1 aromatic rings. The maximum Gasteiger partial charge on any atom is 0.291 e. The number of pyridine rings is 1. The van der Waals surface area contributed by atoms with Crippen LogP contribution in [-0.2, 0) is 14.4 Å². The monoisotopic (exact) mass is 360 g/mol. The van der Waals surface area contributed by atoms with Crippen molar-refractivity contribution in [2.75, 3.05) is 6.54 Å². The highest BCUT2D eigenvalue weighted by Crippen LogP contribution is 2.25. The van der Waals surface area contributed by atoms with E-state index in [-0.39, 0.29) is 0 Å². The van der Waals surface area contributed by atoms with E-state index in [4.69, 9.17) is 0 Å². The fourth-order valence-corrected chi connectivity index (χ4v) is 2.63. The van der Waals surface area contributed by atoms with Crippen LogP contribution in [0.15, 0.2) is 24.5 Å². The van der Waals surface area contributed by atoms with Gasteiger partial charge in [-0.05, 0) is 31.4 Å². The molecule has 1 aliphatic rings. The summed E-state index contributed by atoms with van der Waals surface area (Å²) in [6.45, 7) is 5.62. The number of carbonyl (C=O) groups is 4. The Morgan fingerprint density at radius 1 is 1.27 bits per heavy atom. The number of hydrazine groups is 1. The van der Waals surface area contributed by atoms with Gasteiger partial charge in [0.1, 0.15) is 6.04 Å². The quantitative estimate of drug-likeness (QED) is 0.597. The molecule has 0 bridgehead atoms. The average Bonchev–Trinajstić information content (AvgIpc) is 3.15. The summed E-state index contributed by atoms with van der Waals surface area (Å²) in [6, 6.07) is 2.40. The van der Waals surface area contributed by atoms with Gasteiger partial charge in [-0.15, -0.1) is 0 Å². The number of hydrogen-bond acceptors (Lipinski definition) is 5. The van der Waals surface area contributed by atoms with E-state index >= 15 is 0 Å². The summed E-state index contributed by atoms with van der Waals surface area (Å²) in [5, 5.41) is 0. The third-order valence-corrected chi connectivity index (χ3v) is 4.73. The molecule has 0 aliphatic carbocycles. The van der Waals surface area contributed by atoms with Crippen molar-refractivity contribution in [2.45, 2.75) is 46.1 Å². The van der Waals surface area contributed by atoms with Crippen molar-refractivity contribution in [3.8, 4) is 0 Å². The molecule has 2 rings (SSSR count). The number of aromatic nitrogens is 1. The number of likely N-dealkylation sites (tertiary alicyclic amines) is 1. The fraction of sp³-hybridized carbons (Fsp3) is 0.500. The third kappa shape index (κ3) is 4.25. The molecule has 2 N–H and O–H groups in total. The van der Waals surface area contributed by atoms with Gasteiger partial charge in [-0.3, -0.25) is 35.0 Å². The first-order valence-corrected chi connectivity index (χ1v) is 8.63. The standard InChI is InChI=1S/C18H24N4O4/c1-4-18(2,3)14(23)17(26)22-10-6-8-13(22)16(25)21-20-15(24)12-7-5-9-19-11-12/h5,7,9,11,13H,4,6,8,10H2,1-3H3,(H,20,24)(H,21,25). The maximum absolute atomic E-state index is 12.5. The first-order valence-electron chi connectivity index (χ1n) is 8.63. The van der Waals surface area contributed by atoms with Crippen molar-refractivity contribution in [1.29, 1.82) is 0 Å². The highest BCUT2D eigenvalue weighted by Gasteiger charge is 2.41. The number of hydrogen-bond donors (Lipinski definition) is 2. The van der Waals surface area contributed by atoms with Crippen LogP contribution in [0.2, 0.25) is 0 Å². The highest BCUT2D eigenvalue weighted by atomic mass is 16.2. The average molecular weight is 360 g/mol. The smallest absolute Gasteiger partial charge is 0.291 e. The van der Waals surface area contributed by atoms with Crippen LogP contribution in [0.3, 0.4) is 0 Å². The molecule has 1 saturated heterocycles. The van der Waals surface area contributed by atoms with Gasteiger partial charge in [0.15, 0.2) is 0 Å². The number of carbonyl (C=O) groups excluding carboxylic acids is 4. The zero-order chi connectivity index (χ0) is 19.3. The second kappa shape index (κ2) is 8.07. The zero-order valence-corrected chi connectivity index (χ0v) is 15.2. The van der Waals surface area contributed by atoms with Gasteiger partial charge in [0.2, 0.25) is 5.78 Å². The molecule has 1 aromatic heterocycles. The molecule has 3 amide bonds. The number of nitrogens with one attached hydrogen (secondary N) is 2. The topological polar surface area (TPSA) is 108 Å². The minimum absolute atomic E-state index is 0.298. The summed E-state index contributed by atoms with van der Waals surface area (Å²) in [5.41, 5.74) is 4.16. The lowest BCUT2D eigenvalue weighted by molar-refractivity contribution is -0.151. The van der Waals surface area contributed by atoms with E-state index in [0.29, 0.717) is 31.4 Å². The SMILES string of the molecule is CCC(C)(C)C(=O)C(=O)N1CCCC1C(=O)NNC(=O)c1cccnc1. The van der Waals surface area contributed by atoms with Crippen LogP contribution in [0.1, 0.15) is 50.4 Å².